The first-order valence-corrected chi connectivity index (χ1v) is 8.87. The molecule has 0 radical (unpaired) electrons. The van der Waals surface area contributed by atoms with E-state index in [9.17, 15) is 9.59 Å². The Bertz CT molecular complexity index is 803. The van der Waals surface area contributed by atoms with Gasteiger partial charge in [-0.25, -0.2) is 0 Å². The van der Waals surface area contributed by atoms with Crippen LogP contribution >= 0.6 is 0 Å². The zero-order valence-corrected chi connectivity index (χ0v) is 15.2. The van der Waals surface area contributed by atoms with Crippen molar-refractivity contribution in [2.75, 3.05) is 25.5 Å². The van der Waals surface area contributed by atoms with Crippen LogP contribution in [0.1, 0.15) is 28.8 Å². The molecule has 1 heterocycles. The van der Waals surface area contributed by atoms with Crippen molar-refractivity contribution in [3.63, 3.8) is 0 Å². The summed E-state index contributed by atoms with van der Waals surface area (Å²) < 4.78 is 5.18. The Labute approximate surface area is 154 Å². The number of likely N-dealkylation sites (tertiary alicyclic amines) is 1. The van der Waals surface area contributed by atoms with Crippen LogP contribution < -0.4 is 10.1 Å². The van der Waals surface area contributed by atoms with E-state index >= 15 is 0 Å². The minimum atomic E-state index is -0.205. The molecule has 136 valence electrons. The maximum absolute atomic E-state index is 12.7. The minimum Gasteiger partial charge on any atom is -0.497 e. The van der Waals surface area contributed by atoms with Gasteiger partial charge < -0.3 is 15.0 Å². The maximum atomic E-state index is 12.7. The van der Waals surface area contributed by atoms with Crippen LogP contribution in [0.15, 0.2) is 48.5 Å². The fraction of sp³-hybridized carbons (Fsp3) is 0.333. The topological polar surface area (TPSA) is 58.6 Å². The zero-order chi connectivity index (χ0) is 18.5. The lowest BCUT2D eigenvalue weighted by molar-refractivity contribution is -0.121. The first-order chi connectivity index (χ1) is 12.6. The zero-order valence-electron chi connectivity index (χ0n) is 15.2. The lowest BCUT2D eigenvalue weighted by Crippen LogP contribution is -2.43. The van der Waals surface area contributed by atoms with Crippen LogP contribution in [0.5, 0.6) is 5.75 Å². The Morgan fingerprint density at radius 2 is 1.96 bits per heavy atom. The predicted molar refractivity (Wildman–Crippen MR) is 101 cm³/mol. The van der Waals surface area contributed by atoms with Gasteiger partial charge in [-0.05, 0) is 44.0 Å². The molecule has 2 aromatic carbocycles. The van der Waals surface area contributed by atoms with Crippen LogP contribution in [0.4, 0.5) is 5.69 Å². The second kappa shape index (κ2) is 8.04. The molecule has 1 aliphatic heterocycles. The van der Waals surface area contributed by atoms with Crippen LogP contribution in [-0.2, 0) is 4.79 Å². The van der Waals surface area contributed by atoms with Crippen molar-refractivity contribution >= 4 is 17.5 Å². The van der Waals surface area contributed by atoms with Crippen molar-refractivity contribution in [2.24, 2.45) is 5.92 Å². The van der Waals surface area contributed by atoms with Crippen LogP contribution in [0.3, 0.4) is 0 Å². The molecule has 0 spiro atoms. The second-order valence-corrected chi connectivity index (χ2v) is 6.68. The smallest absolute Gasteiger partial charge is 0.253 e. The number of benzene rings is 2. The highest BCUT2D eigenvalue weighted by Gasteiger charge is 2.29. The van der Waals surface area contributed by atoms with Crippen molar-refractivity contribution in [1.82, 2.24) is 4.90 Å². The number of piperidine rings is 1. The molecule has 3 rings (SSSR count). The van der Waals surface area contributed by atoms with Crippen molar-refractivity contribution in [3.8, 4) is 5.75 Å². The van der Waals surface area contributed by atoms with Crippen molar-refractivity contribution < 1.29 is 14.3 Å². The molecule has 0 saturated carbocycles. The highest BCUT2D eigenvalue weighted by molar-refractivity contribution is 5.96. The highest BCUT2D eigenvalue weighted by atomic mass is 16.5. The Balaban J connectivity index is 1.65. The molecule has 5 nitrogen and oxygen atoms in total. The molecule has 26 heavy (non-hydrogen) atoms. The molecule has 0 aromatic heterocycles. The number of hydrogen-bond donors (Lipinski definition) is 1. The Kier molecular flexibility index (Phi) is 5.56. The third-order valence-corrected chi connectivity index (χ3v) is 4.68. The van der Waals surface area contributed by atoms with Gasteiger partial charge in [-0.2, -0.15) is 0 Å². The van der Waals surface area contributed by atoms with Gasteiger partial charge in [0.1, 0.15) is 5.75 Å². The van der Waals surface area contributed by atoms with Crippen molar-refractivity contribution in [1.29, 1.82) is 0 Å². The molecule has 1 unspecified atom stereocenters. The summed E-state index contributed by atoms with van der Waals surface area (Å²) in [5.74, 6) is 0.430. The summed E-state index contributed by atoms with van der Waals surface area (Å²) in [7, 11) is 1.59. The average molecular weight is 352 g/mol. The second-order valence-electron chi connectivity index (χ2n) is 6.68. The van der Waals surface area contributed by atoms with E-state index < -0.39 is 0 Å². The molecule has 1 fully saturated rings. The number of rotatable bonds is 4. The average Bonchev–Trinajstić information content (AvgIpc) is 2.67. The summed E-state index contributed by atoms with van der Waals surface area (Å²) in [6, 6.07) is 14.9. The fourth-order valence-corrected chi connectivity index (χ4v) is 3.28. The number of carbonyl (C=O) groups excluding carboxylic acids is 2. The van der Waals surface area contributed by atoms with E-state index in [2.05, 4.69) is 5.32 Å². The molecule has 2 amide bonds. The molecule has 1 atom stereocenters. The lowest BCUT2D eigenvalue weighted by Gasteiger charge is -2.32. The maximum Gasteiger partial charge on any atom is 0.253 e. The van der Waals surface area contributed by atoms with Gasteiger partial charge in [0.25, 0.3) is 5.91 Å². The first kappa shape index (κ1) is 18.0. The van der Waals surface area contributed by atoms with E-state index in [4.69, 9.17) is 4.74 Å². The summed E-state index contributed by atoms with van der Waals surface area (Å²) in [4.78, 5) is 27.2. The van der Waals surface area contributed by atoms with Gasteiger partial charge in [-0.3, -0.25) is 9.59 Å². The summed E-state index contributed by atoms with van der Waals surface area (Å²) in [5.41, 5.74) is 2.44. The fourth-order valence-electron chi connectivity index (χ4n) is 3.28. The Hall–Kier alpha value is -2.82. The van der Waals surface area contributed by atoms with Gasteiger partial charge >= 0.3 is 0 Å². The summed E-state index contributed by atoms with van der Waals surface area (Å²) >= 11 is 0. The number of ether oxygens (including phenoxy) is 1. The number of anilines is 1. The standard InChI is InChI=1S/C21H24N2O3/c1-15-6-3-7-16(12-15)21(25)23-11-5-8-17(14-23)20(24)22-18-9-4-10-19(13-18)26-2/h3-4,6-7,9-10,12-13,17H,5,8,11,14H2,1-2H3,(H,22,24). The molecule has 5 heteroatoms. The number of nitrogens with one attached hydrogen (secondary N) is 1. The van der Waals surface area contributed by atoms with Crippen LogP contribution in [-0.4, -0.2) is 36.9 Å². The SMILES string of the molecule is COc1cccc(NC(=O)C2CCCN(C(=O)c3cccc(C)c3)C2)c1. The molecule has 0 bridgehead atoms. The lowest BCUT2D eigenvalue weighted by atomic mass is 9.96. The van der Waals surface area contributed by atoms with E-state index in [1.807, 2.05) is 49.4 Å². The number of carbonyl (C=O) groups is 2. The van der Waals surface area contributed by atoms with E-state index in [1.54, 1.807) is 18.1 Å². The Morgan fingerprint density at radius 3 is 2.73 bits per heavy atom. The summed E-state index contributed by atoms with van der Waals surface area (Å²) in [6.07, 6.45) is 1.61. The summed E-state index contributed by atoms with van der Waals surface area (Å²) in [6.45, 7) is 3.11. The number of nitrogens with zero attached hydrogens (tertiary/aromatic N) is 1. The van der Waals surface area contributed by atoms with Crippen LogP contribution in [0.25, 0.3) is 0 Å². The molecule has 2 aromatic rings. The van der Waals surface area contributed by atoms with Gasteiger partial charge in [0.15, 0.2) is 0 Å². The van der Waals surface area contributed by atoms with Crippen LogP contribution in [0.2, 0.25) is 0 Å². The van der Waals surface area contributed by atoms with Gasteiger partial charge in [-0.15, -0.1) is 0 Å². The molecule has 1 N–H and O–H groups in total. The molecular weight excluding hydrogens is 328 g/mol. The van der Waals surface area contributed by atoms with Gasteiger partial charge in [0.2, 0.25) is 5.91 Å². The first-order valence-electron chi connectivity index (χ1n) is 8.87. The number of amides is 2. The number of hydrogen-bond acceptors (Lipinski definition) is 3. The van der Waals surface area contributed by atoms with Gasteiger partial charge in [-0.1, -0.05) is 23.8 Å². The minimum absolute atomic E-state index is 0.00687. The van der Waals surface area contributed by atoms with E-state index in [1.165, 1.54) is 0 Å². The van der Waals surface area contributed by atoms with Crippen molar-refractivity contribution in [2.45, 2.75) is 19.8 Å². The van der Waals surface area contributed by atoms with Gasteiger partial charge in [0, 0.05) is 30.4 Å². The molecular formula is C21H24N2O3. The monoisotopic (exact) mass is 352 g/mol. The molecule has 1 saturated heterocycles. The number of methoxy groups -OCH3 is 1. The quantitative estimate of drug-likeness (QED) is 0.916. The van der Waals surface area contributed by atoms with Crippen molar-refractivity contribution in [3.05, 3.63) is 59.7 Å². The third-order valence-electron chi connectivity index (χ3n) is 4.68. The largest absolute Gasteiger partial charge is 0.497 e. The van der Waals surface area contributed by atoms with E-state index in [0.29, 0.717) is 30.1 Å². The van der Waals surface area contributed by atoms with Crippen LogP contribution in [0, 0.1) is 12.8 Å². The number of aryl methyl sites for hydroxylation is 1. The highest BCUT2D eigenvalue weighted by Crippen LogP contribution is 2.22. The van der Waals surface area contributed by atoms with E-state index in [-0.39, 0.29) is 17.7 Å². The van der Waals surface area contributed by atoms with Gasteiger partial charge in [0.05, 0.1) is 13.0 Å². The summed E-state index contributed by atoms with van der Waals surface area (Å²) in [5, 5.41) is 2.94. The normalized spacial score (nSPS) is 16.8. The van der Waals surface area contributed by atoms with E-state index in [0.717, 1.165) is 18.4 Å². The third kappa shape index (κ3) is 4.23. The predicted octanol–water partition coefficient (Wildman–Crippen LogP) is 3.49. The Morgan fingerprint density at radius 1 is 1.15 bits per heavy atom. The molecule has 1 aliphatic rings. The molecule has 0 aliphatic carbocycles.